The van der Waals surface area contributed by atoms with Gasteiger partial charge in [0.2, 0.25) is 11.7 Å². The summed E-state index contributed by atoms with van der Waals surface area (Å²) in [7, 11) is 0. The van der Waals surface area contributed by atoms with E-state index < -0.39 is 11.2 Å². The molecule has 9 nitrogen and oxygen atoms in total. The summed E-state index contributed by atoms with van der Waals surface area (Å²) >= 11 is 0. The number of hydrogen-bond donors (Lipinski definition) is 0. The van der Waals surface area contributed by atoms with Crippen LogP contribution in [0.15, 0.2) is 34.4 Å². The van der Waals surface area contributed by atoms with Crippen LogP contribution in [0.1, 0.15) is 90.6 Å². The van der Waals surface area contributed by atoms with Crippen LogP contribution in [0.25, 0.3) is 0 Å². The number of nitrogens with zero attached hydrogens (tertiary/aromatic N) is 3. The number of benzene rings is 1. The molecule has 0 aliphatic carbocycles. The second-order valence-corrected chi connectivity index (χ2v) is 12.8. The quantitative estimate of drug-likeness (QED) is 0.371. The molecule has 1 aromatic carbocycles. The van der Waals surface area contributed by atoms with E-state index >= 15 is 0 Å². The Morgan fingerprint density at radius 3 is 2.77 bits per heavy atom. The van der Waals surface area contributed by atoms with E-state index in [1.807, 2.05) is 37.8 Å². The first kappa shape index (κ1) is 28.5. The van der Waals surface area contributed by atoms with Gasteiger partial charge in [0.05, 0.1) is 12.2 Å². The van der Waals surface area contributed by atoms with Crippen LogP contribution in [0.3, 0.4) is 0 Å². The van der Waals surface area contributed by atoms with E-state index in [2.05, 4.69) is 43.1 Å². The van der Waals surface area contributed by atoms with Gasteiger partial charge in [0.15, 0.2) is 18.1 Å². The smallest absolute Gasteiger partial charge is 0.410 e. The highest BCUT2D eigenvalue weighted by atomic mass is 16.6. The predicted octanol–water partition coefficient (Wildman–Crippen LogP) is 6.56. The summed E-state index contributed by atoms with van der Waals surface area (Å²) in [6.07, 6.45) is 5.40. The molecule has 3 aliphatic rings. The molecule has 2 saturated heterocycles. The molecule has 0 bridgehead atoms. The number of carbonyl (C=O) groups excluding carboxylic acids is 1. The SMILES string of the molecule is CC(C)=CCC[C@@]1(C)Oc2c(OCc3noc(C)n3)cccc2[C@H]2O[C@H]3CCN(C(=O)OC(C)(C)C)C[C@@H]3C[C@@H]21. The molecule has 2 aromatic rings. The van der Waals surface area contributed by atoms with E-state index in [1.54, 1.807) is 6.92 Å². The number of likely N-dealkylation sites (tertiary alicyclic amines) is 1. The lowest BCUT2D eigenvalue weighted by Gasteiger charge is -2.54. The van der Waals surface area contributed by atoms with Crippen molar-refractivity contribution in [3.05, 3.63) is 47.1 Å². The van der Waals surface area contributed by atoms with Crippen molar-refractivity contribution in [3.63, 3.8) is 0 Å². The molecule has 0 saturated carbocycles. The van der Waals surface area contributed by atoms with E-state index in [4.69, 9.17) is 23.5 Å². The van der Waals surface area contributed by atoms with Crippen molar-refractivity contribution >= 4 is 6.09 Å². The fourth-order valence-electron chi connectivity index (χ4n) is 6.22. The zero-order valence-corrected chi connectivity index (χ0v) is 24.9. The van der Waals surface area contributed by atoms with E-state index in [-0.39, 0.29) is 36.7 Å². The molecule has 1 aromatic heterocycles. The zero-order chi connectivity index (χ0) is 28.7. The number of amides is 1. The number of para-hydroxylation sites is 1. The third-order valence-corrected chi connectivity index (χ3v) is 8.11. The van der Waals surface area contributed by atoms with Crippen molar-refractivity contribution in [2.75, 3.05) is 13.1 Å². The number of ether oxygens (including phenoxy) is 4. The van der Waals surface area contributed by atoms with Crippen molar-refractivity contribution in [2.24, 2.45) is 11.8 Å². The largest absolute Gasteiger partial charge is 0.483 e. The van der Waals surface area contributed by atoms with Crippen molar-refractivity contribution in [1.29, 1.82) is 0 Å². The van der Waals surface area contributed by atoms with Crippen LogP contribution in [-0.4, -0.2) is 51.5 Å². The summed E-state index contributed by atoms with van der Waals surface area (Å²) in [5.41, 5.74) is 1.30. The number of rotatable bonds is 6. The van der Waals surface area contributed by atoms with Crippen LogP contribution in [0.2, 0.25) is 0 Å². The maximum atomic E-state index is 12.9. The lowest BCUT2D eigenvalue weighted by atomic mass is 9.68. The third-order valence-electron chi connectivity index (χ3n) is 8.11. The van der Waals surface area contributed by atoms with Gasteiger partial charge in [0.1, 0.15) is 11.2 Å². The van der Waals surface area contributed by atoms with Crippen molar-refractivity contribution in [3.8, 4) is 11.5 Å². The second kappa shape index (κ2) is 11.1. The van der Waals surface area contributed by atoms with Crippen LogP contribution in [0, 0.1) is 18.8 Å². The number of allylic oxidation sites excluding steroid dienone is 2. The Morgan fingerprint density at radius 1 is 1.27 bits per heavy atom. The molecule has 1 amide bonds. The summed E-state index contributed by atoms with van der Waals surface area (Å²) in [4.78, 5) is 19.0. The van der Waals surface area contributed by atoms with E-state index in [9.17, 15) is 4.79 Å². The van der Waals surface area contributed by atoms with Gasteiger partial charge in [0.25, 0.3) is 0 Å². The zero-order valence-electron chi connectivity index (χ0n) is 24.9. The maximum Gasteiger partial charge on any atom is 0.410 e. The molecule has 218 valence electrons. The van der Waals surface area contributed by atoms with E-state index in [1.165, 1.54) is 5.57 Å². The number of piperidine rings is 1. The van der Waals surface area contributed by atoms with Crippen LogP contribution in [0.5, 0.6) is 11.5 Å². The average molecular weight is 554 g/mol. The highest BCUT2D eigenvalue weighted by Gasteiger charge is 2.54. The highest BCUT2D eigenvalue weighted by Crippen LogP contribution is 2.56. The molecule has 0 spiro atoms. The molecule has 3 aliphatic heterocycles. The molecular formula is C31H43N3O6. The molecule has 5 atom stereocenters. The van der Waals surface area contributed by atoms with Crippen molar-refractivity contribution in [1.82, 2.24) is 15.0 Å². The Balaban J connectivity index is 1.41. The van der Waals surface area contributed by atoms with Gasteiger partial charge in [-0.05, 0) is 73.3 Å². The molecule has 0 radical (unpaired) electrons. The Labute approximate surface area is 237 Å². The molecule has 9 heteroatoms. The summed E-state index contributed by atoms with van der Waals surface area (Å²) < 4.78 is 30.8. The van der Waals surface area contributed by atoms with Crippen LogP contribution in [-0.2, 0) is 16.1 Å². The number of carbonyl (C=O) groups is 1. The number of aromatic nitrogens is 2. The first-order valence-corrected chi connectivity index (χ1v) is 14.4. The first-order chi connectivity index (χ1) is 18.9. The van der Waals surface area contributed by atoms with Gasteiger partial charge in [0, 0.05) is 37.4 Å². The van der Waals surface area contributed by atoms with Crippen molar-refractivity contribution in [2.45, 2.75) is 104 Å². The number of hydrogen-bond acceptors (Lipinski definition) is 8. The van der Waals surface area contributed by atoms with E-state index in [0.29, 0.717) is 30.6 Å². The normalized spacial score (nSPS) is 27.5. The Morgan fingerprint density at radius 2 is 2.08 bits per heavy atom. The minimum Gasteiger partial charge on any atom is -0.483 e. The van der Waals surface area contributed by atoms with Crippen molar-refractivity contribution < 1.29 is 28.3 Å². The fraction of sp³-hybridized carbons (Fsp3) is 0.645. The van der Waals surface area contributed by atoms with Crippen LogP contribution >= 0.6 is 0 Å². The molecule has 5 rings (SSSR count). The van der Waals surface area contributed by atoms with Crippen LogP contribution < -0.4 is 9.47 Å². The van der Waals surface area contributed by atoms with Crippen LogP contribution in [0.4, 0.5) is 4.79 Å². The standard InChI is InChI=1S/C31H43N3O6/c1-19(2)10-9-14-31(7)23-16-21-17-34(29(35)39-30(4,5)6)15-13-24(21)37-27(23)22-11-8-12-25(28(22)38-31)36-18-26-32-20(3)40-33-26/h8,10-12,21,23-24,27H,9,13-18H2,1-7H3/t21-,23-,24-,27+,31+/m0/s1. The molecule has 0 unspecified atom stereocenters. The first-order valence-electron chi connectivity index (χ1n) is 14.4. The molecule has 4 heterocycles. The Bertz CT molecular complexity index is 1250. The molecular weight excluding hydrogens is 510 g/mol. The minimum atomic E-state index is -0.519. The van der Waals surface area contributed by atoms with Gasteiger partial charge in [-0.2, -0.15) is 4.98 Å². The van der Waals surface area contributed by atoms with E-state index in [0.717, 1.165) is 37.0 Å². The predicted molar refractivity (Wildman–Crippen MR) is 149 cm³/mol. The average Bonchev–Trinajstić information content (AvgIpc) is 3.30. The summed E-state index contributed by atoms with van der Waals surface area (Å²) in [5, 5.41) is 3.96. The Hall–Kier alpha value is -3.07. The second-order valence-electron chi connectivity index (χ2n) is 12.8. The lowest BCUT2D eigenvalue weighted by molar-refractivity contribution is -0.191. The number of aryl methyl sites for hydroxylation is 1. The highest BCUT2D eigenvalue weighted by molar-refractivity contribution is 5.68. The molecule has 40 heavy (non-hydrogen) atoms. The van der Waals surface area contributed by atoms with Gasteiger partial charge in [-0.25, -0.2) is 4.79 Å². The van der Waals surface area contributed by atoms with Gasteiger partial charge in [-0.15, -0.1) is 0 Å². The maximum absolute atomic E-state index is 12.9. The Kier molecular flexibility index (Phi) is 7.88. The summed E-state index contributed by atoms with van der Waals surface area (Å²) in [5.74, 6) is 2.72. The lowest BCUT2D eigenvalue weighted by Crippen LogP contribution is -2.57. The van der Waals surface area contributed by atoms with Gasteiger partial charge >= 0.3 is 6.09 Å². The summed E-state index contributed by atoms with van der Waals surface area (Å²) in [6, 6.07) is 6.00. The van der Waals surface area contributed by atoms with Gasteiger partial charge < -0.3 is 28.4 Å². The van der Waals surface area contributed by atoms with Gasteiger partial charge in [-0.1, -0.05) is 28.9 Å². The third kappa shape index (κ3) is 6.14. The minimum absolute atomic E-state index is 0.0693. The monoisotopic (exact) mass is 553 g/mol. The van der Waals surface area contributed by atoms with Gasteiger partial charge in [-0.3, -0.25) is 0 Å². The number of fused-ring (bicyclic) bond motifs is 4. The topological polar surface area (TPSA) is 96.1 Å². The fourth-order valence-corrected chi connectivity index (χ4v) is 6.22. The summed E-state index contributed by atoms with van der Waals surface area (Å²) in [6.45, 7) is 15.4. The molecule has 2 fully saturated rings. The molecule has 0 N–H and O–H groups in total.